The molecule has 1 aromatic carbocycles. The lowest BCUT2D eigenvalue weighted by Crippen LogP contribution is -2.50. The summed E-state index contributed by atoms with van der Waals surface area (Å²) >= 11 is 0. The first-order valence-electron chi connectivity index (χ1n) is 7.78. The summed E-state index contributed by atoms with van der Waals surface area (Å²) in [7, 11) is 1.59. The highest BCUT2D eigenvalue weighted by molar-refractivity contribution is 5.85. The minimum Gasteiger partial charge on any atom is -0.496 e. The molecule has 1 aliphatic heterocycles. The van der Waals surface area contributed by atoms with Crippen molar-refractivity contribution in [3.63, 3.8) is 0 Å². The van der Waals surface area contributed by atoms with E-state index in [1.807, 2.05) is 26.8 Å². The topological polar surface area (TPSA) is 84.8 Å². The zero-order valence-electron chi connectivity index (χ0n) is 14.2. The van der Waals surface area contributed by atoms with E-state index in [2.05, 4.69) is 9.97 Å². The monoisotopic (exact) mass is 331 g/mol. The summed E-state index contributed by atoms with van der Waals surface area (Å²) < 4.78 is 10.8. The first-order chi connectivity index (χ1) is 11.3. The number of methoxy groups -OCH3 is 1. The molecule has 1 saturated heterocycles. The molecule has 1 N–H and O–H groups in total. The van der Waals surface area contributed by atoms with Gasteiger partial charge in [0.25, 0.3) is 0 Å². The molecule has 0 radical (unpaired) electrons. The van der Waals surface area contributed by atoms with Gasteiger partial charge in [-0.3, -0.25) is 0 Å². The predicted molar refractivity (Wildman–Crippen MR) is 88.3 cm³/mol. The number of nitrogens with zero attached hydrogens (tertiary/aromatic N) is 3. The molecule has 0 spiro atoms. The Labute approximate surface area is 140 Å². The molecule has 2 aromatic rings. The Kier molecular flexibility index (Phi) is 3.95. The molecule has 128 valence electrons. The lowest BCUT2D eigenvalue weighted by atomic mass is 9.90. The number of fused-ring (bicyclic) bond motifs is 1. The Morgan fingerprint density at radius 2 is 2.00 bits per heavy atom. The van der Waals surface area contributed by atoms with Crippen LogP contribution >= 0.6 is 0 Å². The first-order valence-corrected chi connectivity index (χ1v) is 7.78. The van der Waals surface area contributed by atoms with Crippen molar-refractivity contribution >= 4 is 17.0 Å². The Morgan fingerprint density at radius 3 is 2.62 bits per heavy atom. The van der Waals surface area contributed by atoms with Crippen LogP contribution < -0.4 is 4.74 Å². The molecule has 0 saturated carbocycles. The van der Waals surface area contributed by atoms with Crippen molar-refractivity contribution in [2.75, 3.05) is 20.2 Å². The average Bonchev–Trinajstić information content (AvgIpc) is 2.44. The minimum atomic E-state index is -0.508. The van der Waals surface area contributed by atoms with Crippen LogP contribution in [0, 0.1) is 0 Å². The number of hydrogen-bond acceptors (Lipinski definition) is 6. The molecule has 1 amide bonds. The number of benzene rings is 1. The zero-order chi connectivity index (χ0) is 17.5. The molecule has 2 heterocycles. The van der Waals surface area contributed by atoms with Gasteiger partial charge < -0.3 is 19.5 Å². The van der Waals surface area contributed by atoms with E-state index in [4.69, 9.17) is 9.47 Å². The molecule has 0 bridgehead atoms. The smallest absolute Gasteiger partial charge is 0.410 e. The number of aromatic nitrogens is 2. The number of carbonyl (C=O) groups is 1. The van der Waals surface area contributed by atoms with Gasteiger partial charge in [-0.15, -0.1) is 0 Å². The Hall–Kier alpha value is -2.57. The van der Waals surface area contributed by atoms with E-state index < -0.39 is 5.60 Å². The van der Waals surface area contributed by atoms with Crippen LogP contribution in [-0.2, 0) is 4.74 Å². The maximum absolute atomic E-state index is 12.1. The standard InChI is InChI=1S/C17H21N3O4/c1-17(2,3)24-16(22)20-7-10(8-20)11-5-12-13(6-14(11)23-4)18-9-19-15(12)21/h5-6,9-10H,7-8H2,1-4H3,(H,18,19,21). The molecule has 0 unspecified atom stereocenters. The zero-order valence-corrected chi connectivity index (χ0v) is 14.2. The van der Waals surface area contributed by atoms with E-state index in [0.717, 1.165) is 5.56 Å². The van der Waals surface area contributed by atoms with Gasteiger partial charge in [0.05, 0.1) is 18.0 Å². The summed E-state index contributed by atoms with van der Waals surface area (Å²) in [4.78, 5) is 21.7. The number of likely N-dealkylation sites (tertiary alicyclic amines) is 1. The van der Waals surface area contributed by atoms with Gasteiger partial charge in [-0.25, -0.2) is 14.8 Å². The van der Waals surface area contributed by atoms with Crippen molar-refractivity contribution in [3.8, 4) is 11.6 Å². The molecular weight excluding hydrogens is 310 g/mol. The number of aromatic hydroxyl groups is 1. The molecule has 3 rings (SSSR count). The van der Waals surface area contributed by atoms with E-state index in [1.54, 1.807) is 18.1 Å². The van der Waals surface area contributed by atoms with Gasteiger partial charge in [-0.05, 0) is 26.8 Å². The normalized spacial score (nSPS) is 15.2. The van der Waals surface area contributed by atoms with Crippen LogP contribution in [0.25, 0.3) is 10.9 Å². The second kappa shape index (κ2) is 5.81. The number of hydrogen-bond donors (Lipinski definition) is 1. The quantitative estimate of drug-likeness (QED) is 0.911. The summed E-state index contributed by atoms with van der Waals surface area (Å²) in [5.74, 6) is 0.748. The fourth-order valence-corrected chi connectivity index (χ4v) is 2.73. The Bertz CT molecular complexity index is 779. The number of amides is 1. The molecule has 0 aliphatic carbocycles. The van der Waals surface area contributed by atoms with Crippen LogP contribution in [0.2, 0.25) is 0 Å². The lowest BCUT2D eigenvalue weighted by molar-refractivity contribution is 0.00801. The fourth-order valence-electron chi connectivity index (χ4n) is 2.73. The van der Waals surface area contributed by atoms with Crippen molar-refractivity contribution in [2.24, 2.45) is 0 Å². The van der Waals surface area contributed by atoms with E-state index in [-0.39, 0.29) is 17.9 Å². The highest BCUT2D eigenvalue weighted by Gasteiger charge is 2.36. The second-order valence-corrected chi connectivity index (χ2v) is 6.89. The van der Waals surface area contributed by atoms with Crippen molar-refractivity contribution in [1.82, 2.24) is 14.9 Å². The molecular formula is C17H21N3O4. The average molecular weight is 331 g/mol. The highest BCUT2D eigenvalue weighted by Crippen LogP contribution is 2.37. The Morgan fingerprint density at radius 1 is 1.29 bits per heavy atom. The van der Waals surface area contributed by atoms with Gasteiger partial charge in [0.2, 0.25) is 5.88 Å². The van der Waals surface area contributed by atoms with Crippen LogP contribution in [0.1, 0.15) is 32.3 Å². The van der Waals surface area contributed by atoms with Crippen molar-refractivity contribution in [1.29, 1.82) is 0 Å². The third-order valence-electron chi connectivity index (χ3n) is 3.94. The van der Waals surface area contributed by atoms with Crippen LogP contribution in [0.5, 0.6) is 11.6 Å². The first kappa shape index (κ1) is 16.3. The van der Waals surface area contributed by atoms with Gasteiger partial charge in [-0.2, -0.15) is 0 Å². The summed E-state index contributed by atoms with van der Waals surface area (Å²) in [6, 6.07) is 3.61. The number of ether oxygens (including phenoxy) is 2. The summed E-state index contributed by atoms with van der Waals surface area (Å²) in [6.07, 6.45) is 0.995. The van der Waals surface area contributed by atoms with Gasteiger partial charge in [0, 0.05) is 30.6 Å². The Balaban J connectivity index is 1.81. The molecule has 7 nitrogen and oxygen atoms in total. The van der Waals surface area contributed by atoms with Crippen LogP contribution in [-0.4, -0.2) is 51.9 Å². The van der Waals surface area contributed by atoms with Crippen molar-refractivity contribution < 1.29 is 19.4 Å². The van der Waals surface area contributed by atoms with E-state index in [1.165, 1.54) is 6.33 Å². The largest absolute Gasteiger partial charge is 0.496 e. The summed E-state index contributed by atoms with van der Waals surface area (Å²) in [6.45, 7) is 6.63. The van der Waals surface area contributed by atoms with Crippen molar-refractivity contribution in [2.45, 2.75) is 32.3 Å². The third kappa shape index (κ3) is 3.06. The van der Waals surface area contributed by atoms with Crippen molar-refractivity contribution in [3.05, 3.63) is 24.0 Å². The van der Waals surface area contributed by atoms with E-state index >= 15 is 0 Å². The number of rotatable bonds is 2. The van der Waals surface area contributed by atoms with Crippen LogP contribution in [0.4, 0.5) is 4.79 Å². The lowest BCUT2D eigenvalue weighted by Gasteiger charge is -2.40. The maximum Gasteiger partial charge on any atom is 0.410 e. The molecule has 0 atom stereocenters. The minimum absolute atomic E-state index is 0.0628. The number of carbonyl (C=O) groups excluding carboxylic acids is 1. The van der Waals surface area contributed by atoms with Gasteiger partial charge >= 0.3 is 6.09 Å². The SMILES string of the molecule is COc1cc2ncnc(O)c2cc1C1CN(C(=O)OC(C)(C)C)C1. The summed E-state index contributed by atoms with van der Waals surface area (Å²) in [5, 5.41) is 10.5. The molecule has 1 aromatic heterocycles. The molecule has 1 fully saturated rings. The second-order valence-electron chi connectivity index (χ2n) is 6.89. The third-order valence-corrected chi connectivity index (χ3v) is 3.94. The molecule has 1 aliphatic rings. The van der Waals surface area contributed by atoms with Gasteiger partial charge in [0.1, 0.15) is 17.7 Å². The molecule has 7 heteroatoms. The van der Waals surface area contributed by atoms with E-state index in [9.17, 15) is 9.90 Å². The molecule has 24 heavy (non-hydrogen) atoms. The highest BCUT2D eigenvalue weighted by atomic mass is 16.6. The maximum atomic E-state index is 12.1. The van der Waals surface area contributed by atoms with Gasteiger partial charge in [0.15, 0.2) is 0 Å². The van der Waals surface area contributed by atoms with Gasteiger partial charge in [-0.1, -0.05) is 0 Å². The van der Waals surface area contributed by atoms with Crippen LogP contribution in [0.3, 0.4) is 0 Å². The van der Waals surface area contributed by atoms with Crippen LogP contribution in [0.15, 0.2) is 18.5 Å². The summed E-state index contributed by atoms with van der Waals surface area (Å²) in [5.41, 5.74) is 1.03. The van der Waals surface area contributed by atoms with E-state index in [0.29, 0.717) is 29.7 Å². The fraction of sp³-hybridized carbons (Fsp3) is 0.471. The predicted octanol–water partition coefficient (Wildman–Crippen LogP) is 2.68.